The molecule has 0 amide bonds. The lowest BCUT2D eigenvalue weighted by Crippen LogP contribution is -2.07. The molecular formula is C7H9NO. The van der Waals surface area contributed by atoms with Crippen LogP contribution in [0, 0.1) is 11.3 Å². The van der Waals surface area contributed by atoms with Gasteiger partial charge in [0.1, 0.15) is 0 Å². The average molecular weight is 123 g/mol. The fraction of sp³-hybridized carbons (Fsp3) is 0.571. The first-order valence-corrected chi connectivity index (χ1v) is 3.12. The average Bonchev–Trinajstić information content (AvgIpc) is 1.88. The zero-order valence-electron chi connectivity index (χ0n) is 5.17. The first-order chi connectivity index (χ1) is 4.33. The molecule has 1 N–H and O–H groups in total. The summed E-state index contributed by atoms with van der Waals surface area (Å²) in [6, 6.07) is 2.04. The molecule has 0 saturated carbocycles. The van der Waals surface area contributed by atoms with E-state index in [1.54, 1.807) is 6.08 Å². The highest BCUT2D eigenvalue weighted by molar-refractivity contribution is 5.23. The minimum absolute atomic E-state index is 0.367. The topological polar surface area (TPSA) is 44.0 Å². The fourth-order valence-corrected chi connectivity index (χ4v) is 0.994. The van der Waals surface area contributed by atoms with Crippen LogP contribution in [0.5, 0.6) is 0 Å². The SMILES string of the molecule is N#CC1=CC(O)CCC1. The molecule has 2 heteroatoms. The number of nitrogens with zero attached hydrogens (tertiary/aromatic N) is 1. The molecule has 0 heterocycles. The summed E-state index contributed by atoms with van der Waals surface area (Å²) >= 11 is 0. The second-order valence-corrected chi connectivity index (χ2v) is 2.26. The van der Waals surface area contributed by atoms with E-state index in [4.69, 9.17) is 10.4 Å². The molecule has 0 bridgehead atoms. The third kappa shape index (κ3) is 1.55. The van der Waals surface area contributed by atoms with Crippen LogP contribution < -0.4 is 0 Å². The molecule has 2 nitrogen and oxygen atoms in total. The summed E-state index contributed by atoms with van der Waals surface area (Å²) in [7, 11) is 0. The van der Waals surface area contributed by atoms with Gasteiger partial charge in [-0.15, -0.1) is 0 Å². The molecule has 0 aromatic heterocycles. The predicted molar refractivity (Wildman–Crippen MR) is 33.6 cm³/mol. The summed E-state index contributed by atoms with van der Waals surface area (Å²) in [5, 5.41) is 17.4. The van der Waals surface area contributed by atoms with Crippen LogP contribution in [0.3, 0.4) is 0 Å². The van der Waals surface area contributed by atoms with Crippen molar-refractivity contribution in [1.82, 2.24) is 0 Å². The second kappa shape index (κ2) is 2.65. The van der Waals surface area contributed by atoms with Gasteiger partial charge in [0.05, 0.1) is 12.2 Å². The van der Waals surface area contributed by atoms with E-state index in [-0.39, 0.29) is 6.10 Å². The van der Waals surface area contributed by atoms with Crippen molar-refractivity contribution in [2.24, 2.45) is 0 Å². The molecule has 0 spiro atoms. The van der Waals surface area contributed by atoms with E-state index in [0.717, 1.165) is 24.8 Å². The summed E-state index contributed by atoms with van der Waals surface area (Å²) in [6.45, 7) is 0. The van der Waals surface area contributed by atoms with Crippen LogP contribution in [0.2, 0.25) is 0 Å². The van der Waals surface area contributed by atoms with Gasteiger partial charge < -0.3 is 5.11 Å². The minimum atomic E-state index is -0.367. The highest BCUT2D eigenvalue weighted by atomic mass is 16.3. The van der Waals surface area contributed by atoms with Crippen molar-refractivity contribution >= 4 is 0 Å². The van der Waals surface area contributed by atoms with Crippen molar-refractivity contribution in [3.05, 3.63) is 11.6 Å². The van der Waals surface area contributed by atoms with Crippen molar-refractivity contribution in [3.8, 4) is 6.07 Å². The summed E-state index contributed by atoms with van der Waals surface area (Å²) in [5.74, 6) is 0. The van der Waals surface area contributed by atoms with Crippen molar-refractivity contribution in [2.75, 3.05) is 0 Å². The molecule has 1 atom stereocenters. The molecular weight excluding hydrogens is 114 g/mol. The number of allylic oxidation sites excluding steroid dienone is 1. The van der Waals surface area contributed by atoms with Gasteiger partial charge in [-0.3, -0.25) is 0 Å². The van der Waals surface area contributed by atoms with Gasteiger partial charge in [-0.1, -0.05) is 0 Å². The zero-order valence-corrected chi connectivity index (χ0v) is 5.17. The quantitative estimate of drug-likeness (QED) is 0.521. The Labute approximate surface area is 54.4 Å². The molecule has 0 saturated heterocycles. The van der Waals surface area contributed by atoms with Crippen LogP contribution in [0.15, 0.2) is 11.6 Å². The second-order valence-electron chi connectivity index (χ2n) is 2.26. The smallest absolute Gasteiger partial charge is 0.0944 e. The molecule has 1 aliphatic rings. The lowest BCUT2D eigenvalue weighted by molar-refractivity contribution is 0.203. The Morgan fingerprint density at radius 2 is 2.56 bits per heavy atom. The normalized spacial score (nSPS) is 26.7. The highest BCUT2D eigenvalue weighted by Gasteiger charge is 2.08. The van der Waals surface area contributed by atoms with Crippen LogP contribution in [0.4, 0.5) is 0 Å². The van der Waals surface area contributed by atoms with Crippen LogP contribution in [-0.2, 0) is 0 Å². The Morgan fingerprint density at radius 1 is 1.78 bits per heavy atom. The van der Waals surface area contributed by atoms with Gasteiger partial charge in [-0.25, -0.2) is 0 Å². The minimum Gasteiger partial charge on any atom is -0.389 e. The van der Waals surface area contributed by atoms with Crippen LogP contribution in [0.25, 0.3) is 0 Å². The summed E-state index contributed by atoms with van der Waals surface area (Å²) in [4.78, 5) is 0. The lowest BCUT2D eigenvalue weighted by Gasteiger charge is -2.11. The maximum Gasteiger partial charge on any atom is 0.0944 e. The molecule has 9 heavy (non-hydrogen) atoms. The molecule has 0 radical (unpaired) electrons. The van der Waals surface area contributed by atoms with Gasteiger partial charge in [0.15, 0.2) is 0 Å². The Hall–Kier alpha value is -0.810. The first kappa shape index (κ1) is 6.31. The molecule has 1 aliphatic carbocycles. The van der Waals surface area contributed by atoms with Crippen LogP contribution >= 0.6 is 0 Å². The maximum atomic E-state index is 8.98. The van der Waals surface area contributed by atoms with Crippen molar-refractivity contribution in [2.45, 2.75) is 25.4 Å². The van der Waals surface area contributed by atoms with Gasteiger partial charge >= 0.3 is 0 Å². The highest BCUT2D eigenvalue weighted by Crippen LogP contribution is 2.16. The van der Waals surface area contributed by atoms with Gasteiger partial charge in [-0.2, -0.15) is 5.26 Å². The molecule has 48 valence electrons. The molecule has 0 aromatic rings. The fourth-order valence-electron chi connectivity index (χ4n) is 0.994. The molecule has 1 unspecified atom stereocenters. The number of hydrogen-bond donors (Lipinski definition) is 1. The molecule has 1 rings (SSSR count). The van der Waals surface area contributed by atoms with Crippen LogP contribution in [0.1, 0.15) is 19.3 Å². The number of nitriles is 1. The third-order valence-corrected chi connectivity index (χ3v) is 1.48. The maximum absolute atomic E-state index is 8.98. The molecule has 0 aliphatic heterocycles. The van der Waals surface area contributed by atoms with E-state index in [1.807, 2.05) is 6.07 Å². The van der Waals surface area contributed by atoms with Gasteiger partial charge in [0, 0.05) is 5.57 Å². The number of hydrogen-bond acceptors (Lipinski definition) is 2. The van der Waals surface area contributed by atoms with Crippen LogP contribution in [-0.4, -0.2) is 11.2 Å². The van der Waals surface area contributed by atoms with E-state index in [2.05, 4.69) is 0 Å². The monoisotopic (exact) mass is 123 g/mol. The molecule has 0 aromatic carbocycles. The zero-order chi connectivity index (χ0) is 6.69. The van der Waals surface area contributed by atoms with Crippen molar-refractivity contribution in [1.29, 1.82) is 5.26 Å². The Kier molecular flexibility index (Phi) is 1.86. The van der Waals surface area contributed by atoms with Crippen molar-refractivity contribution < 1.29 is 5.11 Å². The van der Waals surface area contributed by atoms with E-state index in [1.165, 1.54) is 0 Å². The van der Waals surface area contributed by atoms with E-state index >= 15 is 0 Å². The Bertz CT molecular complexity index is 166. The largest absolute Gasteiger partial charge is 0.389 e. The Balaban J connectivity index is 2.62. The van der Waals surface area contributed by atoms with Gasteiger partial charge in [0.2, 0.25) is 0 Å². The van der Waals surface area contributed by atoms with Gasteiger partial charge in [0.25, 0.3) is 0 Å². The predicted octanol–water partition coefficient (Wildman–Crippen LogP) is 0.981. The number of aliphatic hydroxyl groups excluding tert-OH is 1. The molecule has 0 fully saturated rings. The number of rotatable bonds is 0. The summed E-state index contributed by atoms with van der Waals surface area (Å²) in [5.41, 5.74) is 0.730. The van der Waals surface area contributed by atoms with E-state index in [0.29, 0.717) is 0 Å². The van der Waals surface area contributed by atoms with Crippen molar-refractivity contribution in [3.63, 3.8) is 0 Å². The lowest BCUT2D eigenvalue weighted by atomic mass is 9.99. The first-order valence-electron chi connectivity index (χ1n) is 3.12. The Morgan fingerprint density at radius 3 is 3.00 bits per heavy atom. The van der Waals surface area contributed by atoms with E-state index in [9.17, 15) is 0 Å². The van der Waals surface area contributed by atoms with Gasteiger partial charge in [-0.05, 0) is 25.3 Å². The summed E-state index contributed by atoms with van der Waals surface area (Å²) < 4.78 is 0. The number of aliphatic hydroxyl groups is 1. The standard InChI is InChI=1S/C7H9NO/c8-5-6-2-1-3-7(9)4-6/h4,7,9H,1-3H2. The van der Waals surface area contributed by atoms with E-state index < -0.39 is 0 Å². The summed E-state index contributed by atoms with van der Waals surface area (Å²) in [6.07, 6.45) is 3.87. The third-order valence-electron chi connectivity index (χ3n) is 1.48.